The van der Waals surface area contributed by atoms with Crippen LogP contribution in [0.15, 0.2) is 73.3 Å². The molecule has 0 spiro atoms. The largest absolute Gasteiger partial charge is 0.338 e. The zero-order valence-corrected chi connectivity index (χ0v) is 20.8. The van der Waals surface area contributed by atoms with Gasteiger partial charge in [0, 0.05) is 35.2 Å². The van der Waals surface area contributed by atoms with Crippen molar-refractivity contribution in [3.63, 3.8) is 0 Å². The molecular formula is C29H24FN7O. The normalized spacial score (nSPS) is 11.5. The fourth-order valence-electron chi connectivity index (χ4n) is 4.55. The second-order valence-corrected chi connectivity index (χ2v) is 9.61. The van der Waals surface area contributed by atoms with Gasteiger partial charge >= 0.3 is 0 Å². The molecule has 0 bridgehead atoms. The Bertz CT molecular complexity index is 1790. The van der Waals surface area contributed by atoms with Crippen LogP contribution in [0.5, 0.6) is 0 Å². The molecule has 188 valence electrons. The second-order valence-electron chi connectivity index (χ2n) is 9.61. The van der Waals surface area contributed by atoms with Crippen LogP contribution in [0.3, 0.4) is 0 Å². The molecule has 9 heteroatoms. The molecule has 0 saturated carbocycles. The average molecular weight is 506 g/mol. The highest BCUT2D eigenvalue weighted by Gasteiger charge is 2.16. The number of carbonyl (C=O) groups is 1. The predicted molar refractivity (Wildman–Crippen MR) is 146 cm³/mol. The lowest BCUT2D eigenvalue weighted by atomic mass is 10.0. The third-order valence-corrected chi connectivity index (χ3v) is 6.30. The average Bonchev–Trinajstić information content (AvgIpc) is 3.52. The lowest BCUT2D eigenvalue weighted by molar-refractivity contribution is -0.116. The summed E-state index contributed by atoms with van der Waals surface area (Å²) in [5.41, 5.74) is 6.95. The van der Waals surface area contributed by atoms with E-state index in [1.54, 1.807) is 36.9 Å². The summed E-state index contributed by atoms with van der Waals surface area (Å²) in [7, 11) is 0. The molecule has 8 nitrogen and oxygen atoms in total. The van der Waals surface area contributed by atoms with E-state index >= 15 is 0 Å². The maximum Gasteiger partial charge on any atom is 0.224 e. The van der Waals surface area contributed by atoms with Gasteiger partial charge in [-0.3, -0.25) is 19.9 Å². The molecule has 0 radical (unpaired) electrons. The van der Waals surface area contributed by atoms with Crippen molar-refractivity contribution in [3.05, 3.63) is 79.1 Å². The molecule has 1 aromatic carbocycles. The smallest absolute Gasteiger partial charge is 0.224 e. The van der Waals surface area contributed by atoms with E-state index in [4.69, 9.17) is 0 Å². The third-order valence-electron chi connectivity index (χ3n) is 6.30. The summed E-state index contributed by atoms with van der Waals surface area (Å²) in [5.74, 6) is -0.0619. The van der Waals surface area contributed by atoms with Crippen molar-refractivity contribution < 1.29 is 9.18 Å². The number of anilines is 1. The Labute approximate surface area is 217 Å². The molecule has 0 aliphatic carbocycles. The van der Waals surface area contributed by atoms with Crippen molar-refractivity contribution >= 4 is 33.5 Å². The number of H-pyrrole nitrogens is 2. The fourth-order valence-corrected chi connectivity index (χ4v) is 4.55. The van der Waals surface area contributed by atoms with Crippen LogP contribution in [-0.2, 0) is 4.79 Å². The van der Waals surface area contributed by atoms with Gasteiger partial charge in [-0.2, -0.15) is 5.10 Å². The number of amides is 1. The number of hydrogen-bond acceptors (Lipinski definition) is 5. The highest BCUT2D eigenvalue weighted by Crippen LogP contribution is 2.34. The molecule has 38 heavy (non-hydrogen) atoms. The van der Waals surface area contributed by atoms with E-state index in [1.807, 2.05) is 38.1 Å². The second kappa shape index (κ2) is 9.51. The molecule has 0 aliphatic rings. The molecule has 5 heterocycles. The molecule has 5 aromatic heterocycles. The topological polar surface area (TPSA) is 112 Å². The zero-order valence-electron chi connectivity index (χ0n) is 20.8. The first-order chi connectivity index (χ1) is 18.4. The van der Waals surface area contributed by atoms with Gasteiger partial charge in [0.1, 0.15) is 17.2 Å². The summed E-state index contributed by atoms with van der Waals surface area (Å²) in [6.07, 6.45) is 7.24. The Morgan fingerprint density at radius 1 is 0.974 bits per heavy atom. The summed E-state index contributed by atoms with van der Waals surface area (Å²) < 4.78 is 13.5. The summed E-state index contributed by atoms with van der Waals surface area (Å²) in [5, 5.41) is 12.3. The molecule has 0 aliphatic heterocycles. The molecule has 1 amide bonds. The quantitative estimate of drug-likeness (QED) is 0.244. The maximum absolute atomic E-state index is 13.5. The number of aromatic amines is 2. The van der Waals surface area contributed by atoms with Crippen molar-refractivity contribution in [2.45, 2.75) is 20.3 Å². The number of aromatic nitrogens is 6. The number of halogens is 1. The van der Waals surface area contributed by atoms with Gasteiger partial charge < -0.3 is 10.3 Å². The first-order valence-electron chi connectivity index (χ1n) is 12.3. The monoisotopic (exact) mass is 505 g/mol. The molecule has 6 rings (SSSR count). The van der Waals surface area contributed by atoms with Gasteiger partial charge in [0.2, 0.25) is 5.91 Å². The number of nitrogens with zero attached hydrogens (tertiary/aromatic N) is 4. The number of rotatable bonds is 6. The van der Waals surface area contributed by atoms with Gasteiger partial charge in [0.05, 0.1) is 35.0 Å². The Hall–Kier alpha value is -4.92. The number of pyridine rings is 3. The van der Waals surface area contributed by atoms with Gasteiger partial charge in [-0.05, 0) is 53.4 Å². The van der Waals surface area contributed by atoms with Crippen LogP contribution in [-0.4, -0.2) is 36.0 Å². The standard InChI is InChI=1S/C29H24FN7O/c1-16(2)9-27(38)34-20-10-18(13-31-14-20)24-12-23-26(15-33-24)36-37-28(23)25-11-22-21(7-8-32-29(22)35-25)17-3-5-19(30)6-4-17/h3-8,10-16H,9H2,1-2H3,(H,32,35)(H,34,38)(H,36,37). The lowest BCUT2D eigenvalue weighted by Crippen LogP contribution is -2.13. The number of hydrogen-bond donors (Lipinski definition) is 3. The van der Waals surface area contributed by atoms with Crippen molar-refractivity contribution in [3.8, 4) is 33.8 Å². The van der Waals surface area contributed by atoms with Gasteiger partial charge in [0.15, 0.2) is 0 Å². The fraction of sp³-hybridized carbons (Fsp3) is 0.138. The Kier molecular flexibility index (Phi) is 5.88. The summed E-state index contributed by atoms with van der Waals surface area (Å²) in [4.78, 5) is 29.0. The Morgan fingerprint density at radius 2 is 1.82 bits per heavy atom. The number of benzene rings is 1. The molecule has 0 unspecified atom stereocenters. The minimum Gasteiger partial charge on any atom is -0.338 e. The third kappa shape index (κ3) is 4.50. The van der Waals surface area contributed by atoms with Crippen LogP contribution in [0.1, 0.15) is 20.3 Å². The van der Waals surface area contributed by atoms with Crippen molar-refractivity contribution in [2.24, 2.45) is 5.92 Å². The van der Waals surface area contributed by atoms with Crippen molar-refractivity contribution in [2.75, 3.05) is 5.32 Å². The van der Waals surface area contributed by atoms with Crippen LogP contribution in [0.4, 0.5) is 10.1 Å². The van der Waals surface area contributed by atoms with Crippen molar-refractivity contribution in [1.29, 1.82) is 0 Å². The number of carbonyl (C=O) groups excluding carboxylic acids is 1. The minimum atomic E-state index is -0.278. The van der Waals surface area contributed by atoms with Crippen LogP contribution in [0.2, 0.25) is 0 Å². The van der Waals surface area contributed by atoms with Crippen LogP contribution in [0, 0.1) is 11.7 Å². The molecule has 6 aromatic rings. The Balaban J connectivity index is 1.38. The number of fused-ring (bicyclic) bond motifs is 2. The van der Waals surface area contributed by atoms with E-state index in [1.165, 1.54) is 12.1 Å². The van der Waals surface area contributed by atoms with Crippen molar-refractivity contribution in [1.82, 2.24) is 30.1 Å². The molecule has 0 atom stereocenters. The highest BCUT2D eigenvalue weighted by atomic mass is 19.1. The molecule has 3 N–H and O–H groups in total. The van der Waals surface area contributed by atoms with E-state index in [2.05, 4.69) is 35.5 Å². The van der Waals surface area contributed by atoms with E-state index in [0.717, 1.165) is 44.4 Å². The van der Waals surface area contributed by atoms with E-state index < -0.39 is 0 Å². The Morgan fingerprint density at radius 3 is 2.63 bits per heavy atom. The number of nitrogens with one attached hydrogen (secondary N) is 3. The lowest BCUT2D eigenvalue weighted by Gasteiger charge is -2.08. The predicted octanol–water partition coefficient (Wildman–Crippen LogP) is 6.35. The molecular weight excluding hydrogens is 481 g/mol. The van der Waals surface area contributed by atoms with Gasteiger partial charge in [-0.1, -0.05) is 26.0 Å². The van der Waals surface area contributed by atoms with E-state index in [0.29, 0.717) is 23.4 Å². The highest BCUT2D eigenvalue weighted by molar-refractivity contribution is 6.00. The van der Waals surface area contributed by atoms with E-state index in [-0.39, 0.29) is 17.6 Å². The summed E-state index contributed by atoms with van der Waals surface area (Å²) >= 11 is 0. The van der Waals surface area contributed by atoms with Gasteiger partial charge in [-0.15, -0.1) is 0 Å². The van der Waals surface area contributed by atoms with E-state index in [9.17, 15) is 9.18 Å². The van der Waals surface area contributed by atoms with Crippen LogP contribution >= 0.6 is 0 Å². The summed E-state index contributed by atoms with van der Waals surface area (Å²) in [6.45, 7) is 4.01. The van der Waals surface area contributed by atoms with Crippen LogP contribution in [0.25, 0.3) is 55.7 Å². The maximum atomic E-state index is 13.5. The SMILES string of the molecule is CC(C)CC(=O)Nc1cncc(-c2cc3c(-c4cc5c(-c6ccc(F)cc6)ccnc5[nH]4)n[nH]c3cn2)c1. The van der Waals surface area contributed by atoms with Gasteiger partial charge in [-0.25, -0.2) is 9.37 Å². The summed E-state index contributed by atoms with van der Waals surface area (Å²) in [6, 6.07) is 14.1. The van der Waals surface area contributed by atoms with Crippen LogP contribution < -0.4 is 5.32 Å². The first kappa shape index (κ1) is 23.5. The zero-order chi connectivity index (χ0) is 26.2. The minimum absolute atomic E-state index is 0.0492. The van der Waals surface area contributed by atoms with Gasteiger partial charge in [0.25, 0.3) is 0 Å². The first-order valence-corrected chi connectivity index (χ1v) is 12.3. The molecule has 0 saturated heterocycles. The molecule has 0 fully saturated rings.